The summed E-state index contributed by atoms with van der Waals surface area (Å²) in [6.07, 6.45) is -0.876. The first-order chi connectivity index (χ1) is 7.29. The fourth-order valence-electron chi connectivity index (χ4n) is 2.06. The van der Waals surface area contributed by atoms with Crippen molar-refractivity contribution in [3.8, 4) is 0 Å². The Labute approximate surface area is 89.3 Å². The van der Waals surface area contributed by atoms with Crippen molar-refractivity contribution in [1.29, 1.82) is 0 Å². The summed E-state index contributed by atoms with van der Waals surface area (Å²) in [5, 5.41) is 8.95. The molecule has 1 aliphatic rings. The van der Waals surface area contributed by atoms with Crippen molar-refractivity contribution < 1.29 is 9.50 Å². The van der Waals surface area contributed by atoms with Crippen LogP contribution in [0.1, 0.15) is 5.56 Å². The van der Waals surface area contributed by atoms with Gasteiger partial charge in [-0.3, -0.25) is 4.90 Å². The average Bonchev–Trinajstić information content (AvgIpc) is 2.60. The van der Waals surface area contributed by atoms with Gasteiger partial charge in [-0.15, -0.1) is 0 Å². The SMILES string of the molecule is OC[C@H]1CN(Cc2ccccc2)C[C@H]1F. The zero-order chi connectivity index (χ0) is 10.7. The van der Waals surface area contributed by atoms with E-state index in [1.54, 1.807) is 0 Å². The fraction of sp³-hybridized carbons (Fsp3) is 0.500. The summed E-state index contributed by atoms with van der Waals surface area (Å²) < 4.78 is 13.3. The highest BCUT2D eigenvalue weighted by Gasteiger charge is 2.31. The molecule has 1 fully saturated rings. The standard InChI is InChI=1S/C12H16FNO/c13-12-8-14(7-11(12)9-15)6-10-4-2-1-3-5-10/h1-5,11-12,15H,6-9H2/t11-,12-/m1/s1. The number of aliphatic hydroxyl groups is 1. The van der Waals surface area contributed by atoms with E-state index >= 15 is 0 Å². The Balaban J connectivity index is 1.92. The van der Waals surface area contributed by atoms with Crippen LogP contribution in [0.5, 0.6) is 0 Å². The smallest absolute Gasteiger partial charge is 0.119 e. The van der Waals surface area contributed by atoms with Gasteiger partial charge >= 0.3 is 0 Å². The lowest BCUT2D eigenvalue weighted by Gasteiger charge is -2.14. The second-order valence-corrected chi connectivity index (χ2v) is 4.14. The summed E-state index contributed by atoms with van der Waals surface area (Å²) >= 11 is 0. The largest absolute Gasteiger partial charge is 0.396 e. The number of hydrogen-bond acceptors (Lipinski definition) is 2. The molecule has 1 aliphatic heterocycles. The molecule has 2 rings (SSSR count). The van der Waals surface area contributed by atoms with Crippen LogP contribution in [-0.4, -0.2) is 35.9 Å². The lowest BCUT2D eigenvalue weighted by Crippen LogP contribution is -2.20. The second kappa shape index (κ2) is 4.73. The fourth-order valence-corrected chi connectivity index (χ4v) is 2.06. The van der Waals surface area contributed by atoms with Crippen LogP contribution < -0.4 is 0 Å². The summed E-state index contributed by atoms with van der Waals surface area (Å²) in [4.78, 5) is 2.06. The van der Waals surface area contributed by atoms with Crippen molar-refractivity contribution >= 4 is 0 Å². The van der Waals surface area contributed by atoms with E-state index in [1.807, 2.05) is 30.3 Å². The lowest BCUT2D eigenvalue weighted by atomic mass is 10.1. The van der Waals surface area contributed by atoms with Crippen molar-refractivity contribution in [3.05, 3.63) is 35.9 Å². The number of rotatable bonds is 3. The summed E-state index contributed by atoms with van der Waals surface area (Å²) in [6, 6.07) is 10.0. The summed E-state index contributed by atoms with van der Waals surface area (Å²) in [7, 11) is 0. The molecule has 15 heavy (non-hydrogen) atoms. The Bertz CT molecular complexity index is 304. The van der Waals surface area contributed by atoms with Gasteiger partial charge in [0.1, 0.15) is 6.17 Å². The number of aliphatic hydroxyl groups excluding tert-OH is 1. The van der Waals surface area contributed by atoms with Gasteiger partial charge in [-0.05, 0) is 5.56 Å². The summed E-state index contributed by atoms with van der Waals surface area (Å²) in [6.45, 7) is 1.83. The number of halogens is 1. The normalized spacial score (nSPS) is 27.1. The molecule has 0 aromatic heterocycles. The van der Waals surface area contributed by atoms with E-state index in [1.165, 1.54) is 5.56 Å². The third-order valence-electron chi connectivity index (χ3n) is 2.92. The van der Waals surface area contributed by atoms with Crippen molar-refractivity contribution in [1.82, 2.24) is 4.90 Å². The van der Waals surface area contributed by atoms with E-state index in [-0.39, 0.29) is 12.5 Å². The molecule has 1 heterocycles. The molecular formula is C12H16FNO. The van der Waals surface area contributed by atoms with Crippen LogP contribution >= 0.6 is 0 Å². The maximum atomic E-state index is 13.3. The van der Waals surface area contributed by atoms with Crippen molar-refractivity contribution in [2.24, 2.45) is 5.92 Å². The highest BCUT2D eigenvalue weighted by Crippen LogP contribution is 2.21. The maximum Gasteiger partial charge on any atom is 0.119 e. The first-order valence-electron chi connectivity index (χ1n) is 5.31. The van der Waals surface area contributed by atoms with Gasteiger partial charge in [-0.25, -0.2) is 4.39 Å². The Kier molecular flexibility index (Phi) is 3.34. The van der Waals surface area contributed by atoms with Crippen LogP contribution in [0.2, 0.25) is 0 Å². The van der Waals surface area contributed by atoms with Gasteiger partial charge in [0.25, 0.3) is 0 Å². The van der Waals surface area contributed by atoms with Crippen molar-refractivity contribution in [2.45, 2.75) is 12.7 Å². The van der Waals surface area contributed by atoms with Crippen LogP contribution in [0.25, 0.3) is 0 Å². The van der Waals surface area contributed by atoms with E-state index in [0.717, 1.165) is 6.54 Å². The molecule has 1 aromatic carbocycles. The molecule has 0 unspecified atom stereocenters. The number of benzene rings is 1. The third-order valence-corrected chi connectivity index (χ3v) is 2.92. The Morgan fingerprint density at radius 1 is 1.27 bits per heavy atom. The van der Waals surface area contributed by atoms with Crippen LogP contribution in [0, 0.1) is 5.92 Å². The molecule has 1 saturated heterocycles. The minimum absolute atomic E-state index is 0.0492. The molecule has 2 atom stereocenters. The van der Waals surface area contributed by atoms with E-state index in [9.17, 15) is 4.39 Å². The van der Waals surface area contributed by atoms with Crippen molar-refractivity contribution in [2.75, 3.05) is 19.7 Å². The first kappa shape index (κ1) is 10.6. The predicted octanol–water partition coefficient (Wildman–Crippen LogP) is 1.45. The molecule has 0 spiro atoms. The zero-order valence-electron chi connectivity index (χ0n) is 8.64. The molecule has 0 aliphatic carbocycles. The molecule has 3 heteroatoms. The van der Waals surface area contributed by atoms with E-state index in [4.69, 9.17) is 5.11 Å². The van der Waals surface area contributed by atoms with Gasteiger partial charge in [-0.1, -0.05) is 30.3 Å². The number of alkyl halides is 1. The molecule has 0 radical (unpaired) electrons. The van der Waals surface area contributed by atoms with E-state index in [2.05, 4.69) is 4.90 Å². The molecule has 0 bridgehead atoms. The third kappa shape index (κ3) is 2.55. The van der Waals surface area contributed by atoms with Gasteiger partial charge in [0.2, 0.25) is 0 Å². The minimum Gasteiger partial charge on any atom is -0.396 e. The van der Waals surface area contributed by atoms with Gasteiger partial charge in [0.15, 0.2) is 0 Å². The van der Waals surface area contributed by atoms with E-state index < -0.39 is 6.17 Å². The van der Waals surface area contributed by atoms with Crippen molar-refractivity contribution in [3.63, 3.8) is 0 Å². The number of nitrogens with zero attached hydrogens (tertiary/aromatic N) is 1. The van der Waals surface area contributed by atoms with Gasteiger partial charge < -0.3 is 5.11 Å². The molecule has 2 nitrogen and oxygen atoms in total. The predicted molar refractivity (Wildman–Crippen MR) is 57.2 cm³/mol. The summed E-state index contributed by atoms with van der Waals surface area (Å²) in [5.41, 5.74) is 1.20. The van der Waals surface area contributed by atoms with Gasteiger partial charge in [0, 0.05) is 32.2 Å². The van der Waals surface area contributed by atoms with Crippen LogP contribution in [-0.2, 0) is 6.54 Å². The Morgan fingerprint density at radius 3 is 2.60 bits per heavy atom. The molecular weight excluding hydrogens is 193 g/mol. The van der Waals surface area contributed by atoms with Gasteiger partial charge in [0.05, 0.1) is 0 Å². The van der Waals surface area contributed by atoms with E-state index in [0.29, 0.717) is 13.1 Å². The molecule has 1 N–H and O–H groups in total. The highest BCUT2D eigenvalue weighted by atomic mass is 19.1. The Morgan fingerprint density at radius 2 is 2.00 bits per heavy atom. The number of likely N-dealkylation sites (tertiary alicyclic amines) is 1. The average molecular weight is 209 g/mol. The van der Waals surface area contributed by atoms with Crippen LogP contribution in [0.15, 0.2) is 30.3 Å². The van der Waals surface area contributed by atoms with Crippen LogP contribution in [0.4, 0.5) is 4.39 Å². The van der Waals surface area contributed by atoms with Gasteiger partial charge in [-0.2, -0.15) is 0 Å². The molecule has 0 amide bonds. The molecule has 82 valence electrons. The Hall–Kier alpha value is -0.930. The monoisotopic (exact) mass is 209 g/mol. The number of hydrogen-bond donors (Lipinski definition) is 1. The molecule has 0 saturated carbocycles. The quantitative estimate of drug-likeness (QED) is 0.814. The second-order valence-electron chi connectivity index (χ2n) is 4.14. The maximum absolute atomic E-state index is 13.3. The minimum atomic E-state index is -0.876. The summed E-state index contributed by atoms with van der Waals surface area (Å²) in [5.74, 6) is -0.200. The highest BCUT2D eigenvalue weighted by molar-refractivity contribution is 5.14. The first-order valence-corrected chi connectivity index (χ1v) is 5.31. The van der Waals surface area contributed by atoms with Crippen LogP contribution in [0.3, 0.4) is 0 Å². The zero-order valence-corrected chi connectivity index (χ0v) is 8.64. The topological polar surface area (TPSA) is 23.5 Å². The lowest BCUT2D eigenvalue weighted by molar-refractivity contribution is 0.174. The molecule has 1 aromatic rings.